The van der Waals surface area contributed by atoms with Crippen molar-refractivity contribution < 1.29 is 13.6 Å². The van der Waals surface area contributed by atoms with Crippen LogP contribution in [0.3, 0.4) is 0 Å². The van der Waals surface area contributed by atoms with Crippen molar-refractivity contribution in [3.63, 3.8) is 0 Å². The summed E-state index contributed by atoms with van der Waals surface area (Å²) in [6, 6.07) is 6.97. The zero-order valence-electron chi connectivity index (χ0n) is 13.9. The average Bonchev–Trinajstić information content (AvgIpc) is 2.64. The van der Waals surface area contributed by atoms with Crippen LogP contribution in [0.15, 0.2) is 30.3 Å². The van der Waals surface area contributed by atoms with Gasteiger partial charge < -0.3 is 15.1 Å². The lowest BCUT2D eigenvalue weighted by Gasteiger charge is -2.35. The van der Waals surface area contributed by atoms with E-state index in [1.807, 2.05) is 24.0 Å². The number of nitrogens with one attached hydrogen (secondary N) is 1. The number of hydrogen-bond acceptors (Lipinski definition) is 5. The van der Waals surface area contributed by atoms with Gasteiger partial charge in [-0.15, -0.1) is 10.2 Å². The number of benzene rings is 1. The van der Waals surface area contributed by atoms with E-state index in [0.717, 1.165) is 30.3 Å². The molecular formula is C17H19F2N5O. The summed E-state index contributed by atoms with van der Waals surface area (Å²) in [6.07, 6.45) is 0. The predicted molar refractivity (Wildman–Crippen MR) is 90.7 cm³/mol. The van der Waals surface area contributed by atoms with Gasteiger partial charge in [-0.05, 0) is 37.3 Å². The first-order valence-corrected chi connectivity index (χ1v) is 8.15. The van der Waals surface area contributed by atoms with Crippen molar-refractivity contribution in [2.75, 3.05) is 42.9 Å². The van der Waals surface area contributed by atoms with Crippen molar-refractivity contribution in [1.29, 1.82) is 0 Å². The van der Waals surface area contributed by atoms with Crippen molar-refractivity contribution >= 4 is 17.5 Å². The Hall–Kier alpha value is -2.77. The van der Waals surface area contributed by atoms with Gasteiger partial charge in [0, 0.05) is 38.3 Å². The number of hydrogen-bond donors (Lipinski definition) is 1. The maximum atomic E-state index is 13.3. The molecule has 1 amide bonds. The van der Waals surface area contributed by atoms with Crippen LogP contribution in [-0.2, 0) is 0 Å². The molecule has 2 aromatic rings. The summed E-state index contributed by atoms with van der Waals surface area (Å²) in [5, 5.41) is 11.4. The van der Waals surface area contributed by atoms with Gasteiger partial charge in [-0.25, -0.2) is 8.78 Å². The van der Waals surface area contributed by atoms with Crippen LogP contribution in [0.25, 0.3) is 0 Å². The second-order valence-electron chi connectivity index (χ2n) is 5.72. The first-order valence-electron chi connectivity index (χ1n) is 8.15. The highest BCUT2D eigenvalue weighted by Crippen LogP contribution is 2.16. The highest BCUT2D eigenvalue weighted by molar-refractivity contribution is 5.94. The van der Waals surface area contributed by atoms with Crippen LogP contribution < -0.4 is 10.2 Å². The second-order valence-corrected chi connectivity index (χ2v) is 5.72. The molecule has 1 aliphatic rings. The molecule has 1 N–H and O–H groups in total. The fraction of sp³-hybridized carbons (Fsp3) is 0.353. The minimum Gasteiger partial charge on any atom is -0.369 e. The van der Waals surface area contributed by atoms with E-state index >= 15 is 0 Å². The molecule has 3 rings (SSSR count). The zero-order chi connectivity index (χ0) is 17.8. The fourth-order valence-corrected chi connectivity index (χ4v) is 2.72. The van der Waals surface area contributed by atoms with Crippen molar-refractivity contribution in [2.45, 2.75) is 6.92 Å². The summed E-state index contributed by atoms with van der Waals surface area (Å²) in [4.78, 5) is 16.1. The molecule has 1 aliphatic heterocycles. The largest absolute Gasteiger partial charge is 0.369 e. The zero-order valence-corrected chi connectivity index (χ0v) is 13.9. The van der Waals surface area contributed by atoms with Gasteiger partial charge in [-0.1, -0.05) is 0 Å². The predicted octanol–water partition coefficient (Wildman–Crippen LogP) is 2.15. The summed E-state index contributed by atoms with van der Waals surface area (Å²) in [7, 11) is 0. The Morgan fingerprint density at radius 2 is 1.84 bits per heavy atom. The van der Waals surface area contributed by atoms with Gasteiger partial charge in [0.1, 0.15) is 5.82 Å². The highest BCUT2D eigenvalue weighted by Gasteiger charge is 2.23. The highest BCUT2D eigenvalue weighted by atomic mass is 19.2. The molecule has 1 aromatic heterocycles. The van der Waals surface area contributed by atoms with Crippen molar-refractivity contribution in [1.82, 2.24) is 15.1 Å². The van der Waals surface area contributed by atoms with Crippen LogP contribution in [0.4, 0.5) is 20.4 Å². The molecule has 1 fully saturated rings. The van der Waals surface area contributed by atoms with Crippen molar-refractivity contribution in [2.24, 2.45) is 0 Å². The van der Waals surface area contributed by atoms with E-state index in [9.17, 15) is 13.6 Å². The molecule has 0 spiro atoms. The van der Waals surface area contributed by atoms with E-state index in [0.29, 0.717) is 26.2 Å². The summed E-state index contributed by atoms with van der Waals surface area (Å²) in [5.74, 6) is -0.798. The van der Waals surface area contributed by atoms with Crippen LogP contribution in [0.1, 0.15) is 17.3 Å². The second kappa shape index (κ2) is 7.42. The van der Waals surface area contributed by atoms with E-state index in [1.54, 1.807) is 4.90 Å². The Balaban J connectivity index is 1.61. The molecular weight excluding hydrogens is 328 g/mol. The van der Waals surface area contributed by atoms with E-state index in [-0.39, 0.29) is 11.5 Å². The standard InChI is InChI=1S/C17H19F2N5O/c1-2-20-15-5-6-16(22-21-15)23-7-9-24(10-8-23)17(25)12-3-4-13(18)14(19)11-12/h3-6,11H,2,7-10H2,1H3,(H,20,21). The lowest BCUT2D eigenvalue weighted by Crippen LogP contribution is -2.49. The number of carbonyl (C=O) groups excluding carboxylic acids is 1. The normalized spacial score (nSPS) is 14.5. The first-order chi connectivity index (χ1) is 12.1. The Labute approximate surface area is 144 Å². The number of carbonyl (C=O) groups is 1. The third-order valence-electron chi connectivity index (χ3n) is 4.07. The quantitative estimate of drug-likeness (QED) is 0.918. The lowest BCUT2D eigenvalue weighted by molar-refractivity contribution is 0.0746. The molecule has 0 bridgehead atoms. The molecule has 0 unspecified atom stereocenters. The molecule has 1 saturated heterocycles. The molecule has 0 atom stereocenters. The Morgan fingerprint density at radius 3 is 2.44 bits per heavy atom. The third kappa shape index (κ3) is 3.84. The number of nitrogens with zero attached hydrogens (tertiary/aromatic N) is 4. The molecule has 2 heterocycles. The van der Waals surface area contributed by atoms with Crippen LogP contribution in [0, 0.1) is 11.6 Å². The molecule has 25 heavy (non-hydrogen) atoms. The molecule has 0 radical (unpaired) electrons. The SMILES string of the molecule is CCNc1ccc(N2CCN(C(=O)c3ccc(F)c(F)c3)CC2)nn1. The lowest BCUT2D eigenvalue weighted by atomic mass is 10.1. The van der Waals surface area contributed by atoms with Crippen LogP contribution in [0.5, 0.6) is 0 Å². The minimum atomic E-state index is -1.01. The molecule has 6 nitrogen and oxygen atoms in total. The Bertz CT molecular complexity index is 745. The summed E-state index contributed by atoms with van der Waals surface area (Å²) in [5.41, 5.74) is 0.155. The summed E-state index contributed by atoms with van der Waals surface area (Å²) >= 11 is 0. The molecule has 132 valence electrons. The van der Waals surface area contributed by atoms with Crippen LogP contribution in [0.2, 0.25) is 0 Å². The van der Waals surface area contributed by atoms with Gasteiger partial charge in [0.25, 0.3) is 5.91 Å². The van der Waals surface area contributed by atoms with Crippen LogP contribution in [-0.4, -0.2) is 53.7 Å². The number of rotatable bonds is 4. The third-order valence-corrected chi connectivity index (χ3v) is 4.07. The number of halogens is 2. The topological polar surface area (TPSA) is 61.4 Å². The molecule has 0 aliphatic carbocycles. The van der Waals surface area contributed by atoms with E-state index in [4.69, 9.17) is 0 Å². The molecule has 1 aromatic carbocycles. The molecule has 0 saturated carbocycles. The summed E-state index contributed by atoms with van der Waals surface area (Å²) < 4.78 is 26.3. The maximum absolute atomic E-state index is 13.3. The fourth-order valence-electron chi connectivity index (χ4n) is 2.72. The minimum absolute atomic E-state index is 0.155. The number of anilines is 2. The van der Waals surface area contributed by atoms with Gasteiger partial charge in [0.15, 0.2) is 17.5 Å². The van der Waals surface area contributed by atoms with Gasteiger partial charge in [-0.3, -0.25) is 4.79 Å². The number of amides is 1. The van der Waals surface area contributed by atoms with E-state index in [2.05, 4.69) is 15.5 Å². The van der Waals surface area contributed by atoms with Gasteiger partial charge in [0.05, 0.1) is 0 Å². The van der Waals surface area contributed by atoms with Gasteiger partial charge in [-0.2, -0.15) is 0 Å². The average molecular weight is 347 g/mol. The van der Waals surface area contributed by atoms with E-state index in [1.165, 1.54) is 6.07 Å². The summed E-state index contributed by atoms with van der Waals surface area (Å²) in [6.45, 7) is 4.93. The van der Waals surface area contributed by atoms with E-state index < -0.39 is 11.6 Å². The maximum Gasteiger partial charge on any atom is 0.254 e. The van der Waals surface area contributed by atoms with Gasteiger partial charge in [0.2, 0.25) is 0 Å². The molecule has 8 heteroatoms. The van der Waals surface area contributed by atoms with Crippen LogP contribution >= 0.6 is 0 Å². The van der Waals surface area contributed by atoms with Gasteiger partial charge >= 0.3 is 0 Å². The number of aromatic nitrogens is 2. The Morgan fingerprint density at radius 1 is 1.08 bits per heavy atom. The monoisotopic (exact) mass is 347 g/mol. The smallest absolute Gasteiger partial charge is 0.254 e. The van der Waals surface area contributed by atoms with Crippen molar-refractivity contribution in [3.05, 3.63) is 47.5 Å². The number of piperazine rings is 1. The van der Waals surface area contributed by atoms with Crippen molar-refractivity contribution in [3.8, 4) is 0 Å². The first kappa shape index (κ1) is 17.1. The Kier molecular flexibility index (Phi) is 5.06.